The highest BCUT2D eigenvalue weighted by Gasteiger charge is 2.15. The Balaban J connectivity index is 1.38. The van der Waals surface area contributed by atoms with Crippen LogP contribution in [-0.4, -0.2) is 38.4 Å². The van der Waals surface area contributed by atoms with Gasteiger partial charge < -0.3 is 14.8 Å². The summed E-state index contributed by atoms with van der Waals surface area (Å²) in [7, 11) is 0. The molecule has 1 saturated heterocycles. The first kappa shape index (κ1) is 16.8. The van der Waals surface area contributed by atoms with Crippen molar-refractivity contribution in [2.75, 3.05) is 26.4 Å². The lowest BCUT2D eigenvalue weighted by molar-refractivity contribution is -0.121. The van der Waals surface area contributed by atoms with E-state index in [2.05, 4.69) is 5.32 Å². The fourth-order valence-electron chi connectivity index (χ4n) is 3.29. The first-order valence-electron chi connectivity index (χ1n) is 8.80. The number of hydrogen-bond donors (Lipinski definition) is 1. The highest BCUT2D eigenvalue weighted by molar-refractivity contribution is 5.75. The average molecular weight is 297 g/mol. The standard InChI is InChI=1S/C17H31NO3/c19-17(10-9-15-6-2-1-3-7-15)18-11-5-12-20-14-16-8-4-13-21-16/h15-16H,1-14H2,(H,18,19). The minimum atomic E-state index is 0.208. The molecule has 0 spiro atoms. The maximum Gasteiger partial charge on any atom is 0.220 e. The number of carbonyl (C=O) groups is 1. The van der Waals surface area contributed by atoms with E-state index in [-0.39, 0.29) is 5.91 Å². The topological polar surface area (TPSA) is 47.6 Å². The molecule has 1 heterocycles. The Bertz CT molecular complexity index is 284. The van der Waals surface area contributed by atoms with Crippen LogP contribution in [0.5, 0.6) is 0 Å². The average Bonchev–Trinajstić information content (AvgIpc) is 3.03. The zero-order chi connectivity index (χ0) is 14.8. The van der Waals surface area contributed by atoms with E-state index in [1.165, 1.54) is 32.1 Å². The van der Waals surface area contributed by atoms with E-state index in [0.29, 0.717) is 25.7 Å². The molecule has 4 nitrogen and oxygen atoms in total. The summed E-state index contributed by atoms with van der Waals surface area (Å²) in [5.74, 6) is 0.999. The summed E-state index contributed by atoms with van der Waals surface area (Å²) in [4.78, 5) is 11.8. The van der Waals surface area contributed by atoms with Gasteiger partial charge in [-0.2, -0.15) is 0 Å². The van der Waals surface area contributed by atoms with E-state index >= 15 is 0 Å². The summed E-state index contributed by atoms with van der Waals surface area (Å²) in [5, 5.41) is 3.00. The van der Waals surface area contributed by atoms with Crippen molar-refractivity contribution in [2.45, 2.75) is 70.3 Å². The van der Waals surface area contributed by atoms with Crippen LogP contribution in [0.1, 0.15) is 64.2 Å². The Labute approximate surface area is 129 Å². The summed E-state index contributed by atoms with van der Waals surface area (Å²) in [6.45, 7) is 3.03. The van der Waals surface area contributed by atoms with E-state index < -0.39 is 0 Å². The molecule has 0 aromatic rings. The quantitative estimate of drug-likeness (QED) is 0.665. The molecule has 2 aliphatic rings. The number of carbonyl (C=O) groups excluding carboxylic acids is 1. The summed E-state index contributed by atoms with van der Waals surface area (Å²) in [5.41, 5.74) is 0. The Morgan fingerprint density at radius 1 is 1.14 bits per heavy atom. The van der Waals surface area contributed by atoms with Crippen LogP contribution in [0, 0.1) is 5.92 Å². The molecule has 122 valence electrons. The summed E-state index contributed by atoms with van der Waals surface area (Å²) >= 11 is 0. The SMILES string of the molecule is O=C(CCC1CCCCC1)NCCCOCC1CCCO1. The molecule has 2 fully saturated rings. The van der Waals surface area contributed by atoms with Gasteiger partial charge >= 0.3 is 0 Å². The summed E-state index contributed by atoms with van der Waals surface area (Å²) in [6.07, 6.45) is 12.0. The van der Waals surface area contributed by atoms with Crippen LogP contribution in [0.25, 0.3) is 0 Å². The highest BCUT2D eigenvalue weighted by atomic mass is 16.5. The van der Waals surface area contributed by atoms with Crippen LogP contribution in [0.4, 0.5) is 0 Å². The van der Waals surface area contributed by atoms with Crippen LogP contribution < -0.4 is 5.32 Å². The second-order valence-corrected chi connectivity index (χ2v) is 6.46. The maximum atomic E-state index is 11.8. The second-order valence-electron chi connectivity index (χ2n) is 6.46. The van der Waals surface area contributed by atoms with Crippen LogP contribution >= 0.6 is 0 Å². The third-order valence-electron chi connectivity index (χ3n) is 4.62. The molecule has 0 bridgehead atoms. The van der Waals surface area contributed by atoms with Gasteiger partial charge in [0.15, 0.2) is 0 Å². The van der Waals surface area contributed by atoms with Gasteiger partial charge in [0.2, 0.25) is 5.91 Å². The van der Waals surface area contributed by atoms with E-state index in [1.54, 1.807) is 0 Å². The number of ether oxygens (including phenoxy) is 2. The minimum absolute atomic E-state index is 0.208. The van der Waals surface area contributed by atoms with Gasteiger partial charge in [-0.1, -0.05) is 32.1 Å². The number of nitrogens with one attached hydrogen (secondary N) is 1. The van der Waals surface area contributed by atoms with Crippen LogP contribution in [0.15, 0.2) is 0 Å². The summed E-state index contributed by atoms with van der Waals surface area (Å²) < 4.78 is 11.1. The molecule has 1 saturated carbocycles. The van der Waals surface area contributed by atoms with Gasteiger partial charge in [-0.05, 0) is 31.6 Å². The van der Waals surface area contributed by atoms with E-state index in [9.17, 15) is 4.79 Å². The van der Waals surface area contributed by atoms with Gasteiger partial charge in [0, 0.05) is 26.2 Å². The van der Waals surface area contributed by atoms with E-state index in [4.69, 9.17) is 9.47 Å². The van der Waals surface area contributed by atoms with Gasteiger partial charge in [0.1, 0.15) is 0 Å². The molecule has 1 unspecified atom stereocenters. The van der Waals surface area contributed by atoms with Crippen LogP contribution in [0.3, 0.4) is 0 Å². The number of rotatable bonds is 9. The fourth-order valence-corrected chi connectivity index (χ4v) is 3.29. The van der Waals surface area contributed by atoms with Crippen LogP contribution in [0.2, 0.25) is 0 Å². The lowest BCUT2D eigenvalue weighted by Gasteiger charge is -2.20. The van der Waals surface area contributed by atoms with Crippen molar-refractivity contribution in [3.05, 3.63) is 0 Å². The van der Waals surface area contributed by atoms with Gasteiger partial charge in [-0.3, -0.25) is 4.79 Å². The number of amides is 1. The first-order valence-corrected chi connectivity index (χ1v) is 8.80. The van der Waals surface area contributed by atoms with Gasteiger partial charge in [-0.25, -0.2) is 0 Å². The first-order chi connectivity index (χ1) is 10.3. The molecule has 2 rings (SSSR count). The molecule has 1 atom stereocenters. The van der Waals surface area contributed by atoms with Crippen molar-refractivity contribution in [3.8, 4) is 0 Å². The second kappa shape index (κ2) is 10.2. The lowest BCUT2D eigenvalue weighted by Crippen LogP contribution is -2.26. The van der Waals surface area contributed by atoms with Gasteiger partial charge in [-0.15, -0.1) is 0 Å². The zero-order valence-electron chi connectivity index (χ0n) is 13.3. The minimum Gasteiger partial charge on any atom is -0.379 e. The molecule has 1 aliphatic heterocycles. The third kappa shape index (κ3) is 7.28. The molecular formula is C17H31NO3. The lowest BCUT2D eigenvalue weighted by atomic mass is 9.86. The molecule has 0 radical (unpaired) electrons. The van der Waals surface area contributed by atoms with Crippen molar-refractivity contribution in [2.24, 2.45) is 5.92 Å². The van der Waals surface area contributed by atoms with Crippen LogP contribution in [-0.2, 0) is 14.3 Å². The monoisotopic (exact) mass is 297 g/mol. The largest absolute Gasteiger partial charge is 0.379 e. The Hall–Kier alpha value is -0.610. The number of hydrogen-bond acceptors (Lipinski definition) is 3. The smallest absolute Gasteiger partial charge is 0.220 e. The predicted molar refractivity (Wildman–Crippen MR) is 83.2 cm³/mol. The maximum absolute atomic E-state index is 11.8. The molecule has 21 heavy (non-hydrogen) atoms. The third-order valence-corrected chi connectivity index (χ3v) is 4.62. The van der Waals surface area contributed by atoms with Crippen molar-refractivity contribution < 1.29 is 14.3 Å². The molecule has 1 N–H and O–H groups in total. The van der Waals surface area contributed by atoms with Crippen molar-refractivity contribution in [1.29, 1.82) is 0 Å². The molecule has 1 aliphatic carbocycles. The van der Waals surface area contributed by atoms with Gasteiger partial charge in [0.05, 0.1) is 12.7 Å². The normalized spacial score (nSPS) is 23.3. The molecule has 4 heteroatoms. The molecule has 0 aromatic heterocycles. The predicted octanol–water partition coefficient (Wildman–Crippen LogP) is 3.05. The Morgan fingerprint density at radius 3 is 2.76 bits per heavy atom. The fraction of sp³-hybridized carbons (Fsp3) is 0.941. The molecule has 0 aromatic carbocycles. The summed E-state index contributed by atoms with van der Waals surface area (Å²) in [6, 6.07) is 0. The molecular weight excluding hydrogens is 266 g/mol. The van der Waals surface area contributed by atoms with Crippen molar-refractivity contribution >= 4 is 5.91 Å². The van der Waals surface area contributed by atoms with E-state index in [1.807, 2.05) is 0 Å². The highest BCUT2D eigenvalue weighted by Crippen LogP contribution is 2.27. The zero-order valence-corrected chi connectivity index (χ0v) is 13.3. The molecule has 1 amide bonds. The van der Waals surface area contributed by atoms with Crippen molar-refractivity contribution in [1.82, 2.24) is 5.32 Å². The van der Waals surface area contributed by atoms with Crippen molar-refractivity contribution in [3.63, 3.8) is 0 Å². The Kier molecular flexibility index (Phi) is 8.12. The van der Waals surface area contributed by atoms with Gasteiger partial charge in [0.25, 0.3) is 0 Å². The van der Waals surface area contributed by atoms with E-state index in [0.717, 1.165) is 44.8 Å². The Morgan fingerprint density at radius 2 is 2.00 bits per heavy atom.